The van der Waals surface area contributed by atoms with Gasteiger partial charge in [-0.15, -0.1) is 0 Å². The number of alkyl halides is 5. The number of aromatic nitrogens is 5. The molecule has 0 fully saturated rings. The van der Waals surface area contributed by atoms with Gasteiger partial charge >= 0.3 is 12.1 Å². The molecule has 1 aromatic carbocycles. The van der Waals surface area contributed by atoms with Crippen molar-refractivity contribution in [1.82, 2.24) is 29.3 Å². The third-order valence-electron chi connectivity index (χ3n) is 7.89. The Balaban J connectivity index is 1.60. The average Bonchev–Trinajstić information content (AvgIpc) is 3.72. The summed E-state index contributed by atoms with van der Waals surface area (Å²) >= 11 is 6.39. The first-order valence-electron chi connectivity index (χ1n) is 14.7. The normalized spacial score (nSPS) is 18.4. The smallest absolute Gasteiger partial charge is 0.392 e. The van der Waals surface area contributed by atoms with E-state index in [0.717, 1.165) is 22.8 Å². The summed E-state index contributed by atoms with van der Waals surface area (Å²) in [6.07, 6.45) is -4.29. The van der Waals surface area contributed by atoms with Crippen LogP contribution in [0, 0.1) is 11.3 Å². The van der Waals surface area contributed by atoms with E-state index in [2.05, 4.69) is 15.2 Å². The fraction of sp³-hybridized carbons (Fsp3) is 0.419. The van der Waals surface area contributed by atoms with Gasteiger partial charge in [0.2, 0.25) is 0 Å². The van der Waals surface area contributed by atoms with E-state index in [1.165, 1.54) is 18.2 Å². The lowest BCUT2D eigenvalue weighted by Gasteiger charge is -2.35. The van der Waals surface area contributed by atoms with Gasteiger partial charge in [-0.2, -0.15) is 23.4 Å². The summed E-state index contributed by atoms with van der Waals surface area (Å²) < 4.78 is 74.9. The molecule has 17 heteroatoms. The number of hydrogen-bond donors (Lipinski definition) is 1. The number of ether oxygens (including phenoxy) is 1. The highest BCUT2D eigenvalue weighted by Gasteiger charge is 2.53. The Morgan fingerprint density at radius 3 is 2.50 bits per heavy atom. The van der Waals surface area contributed by atoms with Crippen LogP contribution in [0.1, 0.15) is 70.0 Å². The second-order valence-electron chi connectivity index (χ2n) is 12.7. The van der Waals surface area contributed by atoms with Crippen molar-refractivity contribution in [3.05, 3.63) is 77.1 Å². The van der Waals surface area contributed by atoms with Crippen LogP contribution >= 0.6 is 11.6 Å². The van der Waals surface area contributed by atoms with Gasteiger partial charge in [-0.25, -0.2) is 28.0 Å². The number of amides is 1. The molecule has 3 atom stereocenters. The number of pyridine rings is 1. The Morgan fingerprint density at radius 2 is 1.83 bits per heavy atom. The van der Waals surface area contributed by atoms with Crippen LogP contribution < -0.4 is 5.73 Å². The summed E-state index contributed by atoms with van der Waals surface area (Å²) in [6.45, 7) is 5.94. The number of carbonyl (C=O) groups excluding carboxylic acids is 2. The van der Waals surface area contributed by atoms with Crippen molar-refractivity contribution in [3.8, 4) is 5.69 Å². The molecule has 2 N–H and O–H groups in total. The highest BCUT2D eigenvalue weighted by atomic mass is 35.5. The van der Waals surface area contributed by atoms with E-state index >= 15 is 0 Å². The molecule has 1 amide bonds. The van der Waals surface area contributed by atoms with E-state index in [4.69, 9.17) is 27.1 Å². The van der Waals surface area contributed by atoms with E-state index in [1.807, 2.05) is 20.8 Å². The Hall–Kier alpha value is -4.60. The molecule has 256 valence electrons. The topological polar surface area (TPSA) is 133 Å². The second kappa shape index (κ2) is 12.8. The monoisotopic (exact) mass is 694 g/mol. The van der Waals surface area contributed by atoms with Crippen LogP contribution in [0.5, 0.6) is 0 Å². The molecule has 48 heavy (non-hydrogen) atoms. The van der Waals surface area contributed by atoms with Crippen LogP contribution in [0.2, 0.25) is 5.02 Å². The molecule has 0 aliphatic carbocycles. The quantitative estimate of drug-likeness (QED) is 0.155. The van der Waals surface area contributed by atoms with Crippen molar-refractivity contribution in [3.63, 3.8) is 0 Å². The Bertz CT molecular complexity index is 1870. The van der Waals surface area contributed by atoms with Crippen molar-refractivity contribution in [2.75, 3.05) is 6.61 Å². The van der Waals surface area contributed by atoms with Crippen LogP contribution in [-0.2, 0) is 19.9 Å². The number of carbonyl (C=O) groups is 2. The summed E-state index contributed by atoms with van der Waals surface area (Å²) in [5, 5.41) is 8.06. The van der Waals surface area contributed by atoms with E-state index in [9.17, 15) is 31.5 Å². The third-order valence-corrected chi connectivity index (χ3v) is 8.21. The maximum absolute atomic E-state index is 14.7. The maximum Gasteiger partial charge on any atom is 0.392 e. The molecule has 4 aromatic rings. The van der Waals surface area contributed by atoms with Crippen molar-refractivity contribution in [2.45, 2.75) is 64.7 Å². The molecule has 4 heterocycles. The SMILES string of the molecule is C[C@H](CC(=O)OC[C@H](c1ccc(Cl)c(-n2ncnc2C(F)F)c1)N1C(=O)[C@@](CC(C)(C)C)(c2ccn3nccc3c2)N=C1N)C(F)(F)F. The highest BCUT2D eigenvalue weighted by molar-refractivity contribution is 6.32. The number of esters is 1. The van der Waals surface area contributed by atoms with Crippen molar-refractivity contribution >= 4 is 35.0 Å². The minimum absolute atomic E-state index is 0.00789. The molecule has 0 radical (unpaired) electrons. The minimum atomic E-state index is -4.64. The van der Waals surface area contributed by atoms with Gasteiger partial charge in [0.1, 0.15) is 12.9 Å². The zero-order valence-electron chi connectivity index (χ0n) is 26.2. The van der Waals surface area contributed by atoms with Crippen LogP contribution in [0.25, 0.3) is 11.2 Å². The van der Waals surface area contributed by atoms with E-state index in [1.54, 1.807) is 35.1 Å². The molecule has 3 aromatic heterocycles. The first kappa shape index (κ1) is 34.7. The number of benzene rings is 1. The standard InChI is InChI=1S/C31H32ClF5N8O3/c1-17(31(35,36)37)11-24(46)48-14-23(18-5-6-21(32)22(12-18)45-26(25(33)34)39-16-41-45)44-27(47)30(42-28(44)38,15-29(2,3)4)19-8-10-43-20(13-19)7-9-40-43/h5-10,12-13,16-17,23,25H,11,14-15H2,1-4H3,(H2,38,42)/t17-,23-,30-/m1/s1. The Kier molecular flexibility index (Phi) is 9.25. The van der Waals surface area contributed by atoms with Crippen molar-refractivity contribution in [2.24, 2.45) is 22.1 Å². The number of nitrogens with two attached hydrogens (primary N) is 1. The lowest BCUT2D eigenvalue weighted by molar-refractivity contribution is -0.181. The summed E-state index contributed by atoms with van der Waals surface area (Å²) in [7, 11) is 0. The molecule has 5 rings (SSSR count). The van der Waals surface area contributed by atoms with E-state index < -0.39 is 66.2 Å². The predicted octanol–water partition coefficient (Wildman–Crippen LogP) is 6.17. The van der Waals surface area contributed by atoms with E-state index in [0.29, 0.717) is 11.1 Å². The Morgan fingerprint density at radius 1 is 1.10 bits per heavy atom. The minimum Gasteiger partial charge on any atom is -0.463 e. The number of aliphatic imine (C=N–C) groups is 1. The zero-order chi connectivity index (χ0) is 35.2. The van der Waals surface area contributed by atoms with Gasteiger partial charge in [0.25, 0.3) is 12.3 Å². The lowest BCUT2D eigenvalue weighted by Crippen LogP contribution is -2.47. The number of nitrogens with zero attached hydrogens (tertiary/aromatic N) is 7. The van der Waals surface area contributed by atoms with E-state index in [-0.39, 0.29) is 28.7 Å². The van der Waals surface area contributed by atoms with Gasteiger partial charge in [-0.1, -0.05) is 45.4 Å². The van der Waals surface area contributed by atoms with Crippen molar-refractivity contribution < 1.29 is 36.3 Å². The van der Waals surface area contributed by atoms with Gasteiger partial charge in [-0.05, 0) is 53.3 Å². The molecule has 0 saturated carbocycles. The number of fused-ring (bicyclic) bond motifs is 1. The molecule has 0 bridgehead atoms. The van der Waals surface area contributed by atoms with Gasteiger partial charge in [0, 0.05) is 12.4 Å². The van der Waals surface area contributed by atoms with Gasteiger partial charge in [0.05, 0.1) is 34.6 Å². The fourth-order valence-electron chi connectivity index (χ4n) is 5.65. The summed E-state index contributed by atoms with van der Waals surface area (Å²) in [4.78, 5) is 36.8. The largest absolute Gasteiger partial charge is 0.463 e. The lowest BCUT2D eigenvalue weighted by atomic mass is 9.75. The molecule has 0 saturated heterocycles. The molecule has 1 aliphatic rings. The van der Waals surface area contributed by atoms with Crippen molar-refractivity contribution in [1.29, 1.82) is 0 Å². The average molecular weight is 695 g/mol. The highest BCUT2D eigenvalue weighted by Crippen LogP contribution is 2.45. The van der Waals surface area contributed by atoms with Gasteiger partial charge < -0.3 is 10.5 Å². The third kappa shape index (κ3) is 6.84. The molecule has 1 aliphatic heterocycles. The van der Waals surface area contributed by atoms with Gasteiger partial charge in [-0.3, -0.25) is 14.5 Å². The number of hydrogen-bond acceptors (Lipinski definition) is 8. The second-order valence-corrected chi connectivity index (χ2v) is 13.2. The molecule has 11 nitrogen and oxygen atoms in total. The number of guanidine groups is 1. The number of halogens is 6. The zero-order valence-corrected chi connectivity index (χ0v) is 27.0. The van der Waals surface area contributed by atoms with Crippen LogP contribution in [0.3, 0.4) is 0 Å². The van der Waals surface area contributed by atoms with Crippen LogP contribution in [0.4, 0.5) is 22.0 Å². The first-order valence-corrected chi connectivity index (χ1v) is 15.1. The first-order chi connectivity index (χ1) is 22.4. The molecule has 0 spiro atoms. The maximum atomic E-state index is 14.7. The summed E-state index contributed by atoms with van der Waals surface area (Å²) in [5.74, 6) is -4.74. The molecular weight excluding hydrogens is 663 g/mol. The molecule has 0 unspecified atom stereocenters. The van der Waals surface area contributed by atoms with Crippen LogP contribution in [-0.4, -0.2) is 59.9 Å². The van der Waals surface area contributed by atoms with Crippen LogP contribution in [0.15, 0.2) is 60.1 Å². The summed E-state index contributed by atoms with van der Waals surface area (Å²) in [6, 6.07) is 8.05. The molecular formula is C31H32ClF5N8O3. The fourth-order valence-corrected chi connectivity index (χ4v) is 5.85. The van der Waals surface area contributed by atoms with Gasteiger partial charge in [0.15, 0.2) is 17.3 Å². The Labute approximate surface area is 276 Å². The summed E-state index contributed by atoms with van der Waals surface area (Å²) in [5.41, 5.74) is 5.77. The number of rotatable bonds is 10. The predicted molar refractivity (Wildman–Crippen MR) is 164 cm³/mol.